The normalized spacial score (nSPS) is 9.95. The SMILES string of the molecule is CCCCCCCCCC(=O)[O-].CCCCCCCCCC(=O)[O-].CCCCCCCCCC(=O)[O-].CCCCCCCCCC(=O)[O-].CCCCCCCCCC(=O)[O-].CCCCCCCCCC(=O)[O-].[Mn]. The van der Waals surface area contributed by atoms with Crippen LogP contribution in [0.2, 0.25) is 0 Å². The van der Waals surface area contributed by atoms with E-state index in [-0.39, 0.29) is 55.6 Å². The minimum atomic E-state index is -0.913. The fourth-order valence-corrected chi connectivity index (χ4v) is 7.36. The summed E-state index contributed by atoms with van der Waals surface area (Å²) in [7, 11) is 0. The van der Waals surface area contributed by atoms with E-state index in [1.54, 1.807) is 0 Å². The molecule has 73 heavy (non-hydrogen) atoms. The summed E-state index contributed by atoms with van der Waals surface area (Å²) < 4.78 is 0. The Labute approximate surface area is 460 Å². The molecule has 0 aliphatic heterocycles. The van der Waals surface area contributed by atoms with Gasteiger partial charge >= 0.3 is 0 Å². The molecule has 13 heteroatoms. The Balaban J connectivity index is -0.000000143. The summed E-state index contributed by atoms with van der Waals surface area (Å²) in [5, 5.41) is 60.1. The molecule has 0 rings (SSSR count). The van der Waals surface area contributed by atoms with Crippen LogP contribution in [-0.2, 0) is 45.8 Å². The van der Waals surface area contributed by atoms with Gasteiger partial charge in [-0.1, -0.05) is 273 Å². The van der Waals surface area contributed by atoms with E-state index < -0.39 is 35.8 Å². The second kappa shape index (κ2) is 80.7. The minimum absolute atomic E-state index is 0. The molecule has 0 heterocycles. The molecule has 1 radical (unpaired) electrons. The van der Waals surface area contributed by atoms with Gasteiger partial charge in [0.05, 0.1) is 0 Å². The molecule has 0 N–H and O–H groups in total. The summed E-state index contributed by atoms with van der Waals surface area (Å²) in [6.45, 7) is 13.1. The third-order valence-corrected chi connectivity index (χ3v) is 11.9. The third-order valence-electron chi connectivity index (χ3n) is 11.9. The van der Waals surface area contributed by atoms with Crippen LogP contribution in [0.25, 0.3) is 0 Å². The topological polar surface area (TPSA) is 241 Å². The zero-order valence-corrected chi connectivity index (χ0v) is 49.4. The van der Waals surface area contributed by atoms with Crippen molar-refractivity contribution < 1.29 is 76.5 Å². The number of rotatable bonds is 48. The zero-order chi connectivity index (χ0) is 55.4. The van der Waals surface area contributed by atoms with Gasteiger partial charge in [-0.15, -0.1) is 0 Å². The van der Waals surface area contributed by atoms with Crippen molar-refractivity contribution in [2.75, 3.05) is 0 Å². The van der Waals surface area contributed by atoms with Crippen LogP contribution < -0.4 is 30.6 Å². The number of carbonyl (C=O) groups is 6. The van der Waals surface area contributed by atoms with E-state index in [2.05, 4.69) is 41.5 Å². The van der Waals surface area contributed by atoms with Crippen LogP contribution in [0.5, 0.6) is 0 Å². The Morgan fingerprint density at radius 1 is 0.178 bits per heavy atom. The molecular weight excluding hydrogens is 968 g/mol. The van der Waals surface area contributed by atoms with Gasteiger partial charge in [0.25, 0.3) is 0 Å². The molecule has 0 spiro atoms. The second-order valence-electron chi connectivity index (χ2n) is 19.5. The van der Waals surface area contributed by atoms with Crippen LogP contribution >= 0.6 is 0 Å². The van der Waals surface area contributed by atoms with E-state index >= 15 is 0 Å². The Bertz CT molecular complexity index is 887. The first-order valence-corrected chi connectivity index (χ1v) is 29.8. The number of hydrogen-bond acceptors (Lipinski definition) is 12. The molecule has 0 aliphatic carbocycles. The van der Waals surface area contributed by atoms with Crippen molar-refractivity contribution in [2.24, 2.45) is 0 Å². The maximum Gasteiger partial charge on any atom is 0.0414 e. The van der Waals surface area contributed by atoms with Crippen molar-refractivity contribution in [3.05, 3.63) is 0 Å². The molecule has 0 atom stereocenters. The van der Waals surface area contributed by atoms with Gasteiger partial charge in [0.15, 0.2) is 0 Å². The quantitative estimate of drug-likeness (QED) is 0.0408. The van der Waals surface area contributed by atoms with Crippen LogP contribution in [0.4, 0.5) is 0 Å². The van der Waals surface area contributed by atoms with Crippen molar-refractivity contribution in [3.63, 3.8) is 0 Å². The van der Waals surface area contributed by atoms with E-state index in [9.17, 15) is 59.4 Å². The smallest absolute Gasteiger partial charge is 0.0414 e. The first kappa shape index (κ1) is 84.3. The van der Waals surface area contributed by atoms with Crippen LogP contribution in [-0.4, -0.2) is 35.8 Å². The fraction of sp³-hybridized carbons (Fsp3) is 0.900. The molecule has 0 saturated heterocycles. The van der Waals surface area contributed by atoms with Crippen molar-refractivity contribution >= 4 is 35.8 Å². The number of unbranched alkanes of at least 4 members (excludes halogenated alkanes) is 36. The average molecular weight is 1080 g/mol. The van der Waals surface area contributed by atoms with Gasteiger partial charge in [0.1, 0.15) is 0 Å². The maximum atomic E-state index is 10.0. The van der Waals surface area contributed by atoms with E-state index in [0.29, 0.717) is 0 Å². The van der Waals surface area contributed by atoms with E-state index in [1.165, 1.54) is 193 Å². The monoisotopic (exact) mass is 1080 g/mol. The van der Waals surface area contributed by atoms with Gasteiger partial charge < -0.3 is 59.4 Å². The predicted molar refractivity (Wildman–Crippen MR) is 286 cm³/mol. The molecule has 0 aromatic carbocycles. The second-order valence-corrected chi connectivity index (χ2v) is 19.5. The first-order valence-electron chi connectivity index (χ1n) is 29.8. The molecule has 439 valence electrons. The van der Waals surface area contributed by atoms with Gasteiger partial charge in [-0.25, -0.2) is 0 Å². The number of aliphatic carboxylic acids is 6. The van der Waals surface area contributed by atoms with Crippen molar-refractivity contribution in [1.29, 1.82) is 0 Å². The van der Waals surface area contributed by atoms with Crippen molar-refractivity contribution in [2.45, 2.75) is 350 Å². The summed E-state index contributed by atoms with van der Waals surface area (Å²) >= 11 is 0. The van der Waals surface area contributed by atoms with Gasteiger partial charge in [-0.05, 0) is 77.0 Å². The van der Waals surface area contributed by atoms with E-state index in [1.807, 2.05) is 0 Å². The summed E-state index contributed by atoms with van der Waals surface area (Å²) in [5.74, 6) is -5.48. The van der Waals surface area contributed by atoms with E-state index in [4.69, 9.17) is 0 Å². The van der Waals surface area contributed by atoms with Crippen molar-refractivity contribution in [3.8, 4) is 0 Å². The largest absolute Gasteiger partial charge is 0.550 e. The summed E-state index contributed by atoms with van der Waals surface area (Å²) in [5.41, 5.74) is 0. The molecule has 0 unspecified atom stereocenters. The van der Waals surface area contributed by atoms with Gasteiger partial charge in [-0.3, -0.25) is 0 Å². The molecule has 0 saturated carbocycles. The van der Waals surface area contributed by atoms with Gasteiger partial charge in [0, 0.05) is 52.9 Å². The minimum Gasteiger partial charge on any atom is -0.550 e. The first-order chi connectivity index (χ1) is 34.6. The van der Waals surface area contributed by atoms with Crippen LogP contribution in [0.3, 0.4) is 0 Å². The Morgan fingerprint density at radius 3 is 0.342 bits per heavy atom. The van der Waals surface area contributed by atoms with Gasteiger partial charge in [-0.2, -0.15) is 0 Å². The molecule has 0 aliphatic rings. The summed E-state index contributed by atoms with van der Waals surface area (Å²) in [6, 6.07) is 0. The molecule has 0 aromatic heterocycles. The zero-order valence-electron chi connectivity index (χ0n) is 48.2. The number of carboxylic acid groups (broad SMARTS) is 6. The molecule has 0 bridgehead atoms. The Kier molecular flexibility index (Phi) is 93.2. The van der Waals surface area contributed by atoms with Crippen LogP contribution in [0, 0.1) is 0 Å². The fourth-order valence-electron chi connectivity index (χ4n) is 7.36. The Morgan fingerprint density at radius 2 is 0.260 bits per heavy atom. The predicted octanol–water partition coefficient (Wildman–Crippen LogP) is 11.3. The molecule has 0 aromatic rings. The molecule has 12 nitrogen and oxygen atoms in total. The molecular formula is C60H114MnO12-6. The summed E-state index contributed by atoms with van der Waals surface area (Å²) in [4.78, 5) is 60.1. The third kappa shape index (κ3) is 119. The number of carboxylic acids is 6. The van der Waals surface area contributed by atoms with Crippen LogP contribution in [0.15, 0.2) is 0 Å². The van der Waals surface area contributed by atoms with Crippen molar-refractivity contribution in [1.82, 2.24) is 0 Å². The maximum absolute atomic E-state index is 10.0. The number of hydrogen-bond donors (Lipinski definition) is 0. The van der Waals surface area contributed by atoms with Gasteiger partial charge in [0.2, 0.25) is 0 Å². The van der Waals surface area contributed by atoms with Crippen LogP contribution in [0.1, 0.15) is 350 Å². The van der Waals surface area contributed by atoms with E-state index in [0.717, 1.165) is 77.0 Å². The standard InChI is InChI=1S/6C10H20O2.Mn/c6*1-2-3-4-5-6-7-8-9-10(11)12;/h6*2-9H2,1H3,(H,11,12);/p-6. The average Bonchev–Trinajstić information content (AvgIpc) is 3.33. The molecule has 0 fully saturated rings. The Hall–Kier alpha value is -2.66. The molecule has 0 amide bonds. The number of carbonyl (C=O) groups excluding carboxylic acids is 6. The summed E-state index contributed by atoms with van der Waals surface area (Å²) in [6.07, 6.45) is 50.1.